The number of carbonyl (C=O) groups excluding carboxylic acids is 1. The first-order chi connectivity index (χ1) is 12.6. The molecule has 0 unspecified atom stereocenters. The SMILES string of the molecule is Cc1cc(N2CCC[C@H](c3nccn3CC(N)=O)C2)nc2ccccc12. The largest absolute Gasteiger partial charge is 0.368 e. The van der Waals surface area contributed by atoms with Crippen LogP contribution >= 0.6 is 0 Å². The lowest BCUT2D eigenvalue weighted by Crippen LogP contribution is -2.36. The van der Waals surface area contributed by atoms with Gasteiger partial charge in [-0.15, -0.1) is 0 Å². The number of para-hydroxylation sites is 1. The van der Waals surface area contributed by atoms with Crippen LogP contribution in [0, 0.1) is 6.92 Å². The van der Waals surface area contributed by atoms with E-state index in [1.165, 1.54) is 10.9 Å². The number of primary amides is 1. The second kappa shape index (κ2) is 6.78. The second-order valence-corrected chi connectivity index (χ2v) is 6.98. The first-order valence-electron chi connectivity index (χ1n) is 9.02. The van der Waals surface area contributed by atoms with Crippen molar-refractivity contribution in [1.29, 1.82) is 0 Å². The number of carbonyl (C=O) groups is 1. The molecule has 1 saturated heterocycles. The van der Waals surface area contributed by atoms with Gasteiger partial charge in [-0.25, -0.2) is 9.97 Å². The van der Waals surface area contributed by atoms with Crippen molar-refractivity contribution >= 4 is 22.6 Å². The monoisotopic (exact) mass is 349 g/mol. The van der Waals surface area contributed by atoms with Crippen LogP contribution in [0.5, 0.6) is 0 Å². The molecule has 1 aliphatic rings. The van der Waals surface area contributed by atoms with E-state index in [1.807, 2.05) is 22.9 Å². The maximum Gasteiger partial charge on any atom is 0.237 e. The molecule has 1 aromatic carbocycles. The van der Waals surface area contributed by atoms with Crippen LogP contribution in [0.25, 0.3) is 10.9 Å². The Labute approximate surface area is 152 Å². The van der Waals surface area contributed by atoms with E-state index in [9.17, 15) is 4.79 Å². The zero-order valence-electron chi connectivity index (χ0n) is 14.9. The summed E-state index contributed by atoms with van der Waals surface area (Å²) >= 11 is 0. The summed E-state index contributed by atoms with van der Waals surface area (Å²) < 4.78 is 1.87. The summed E-state index contributed by atoms with van der Waals surface area (Å²) in [5.41, 5.74) is 7.63. The molecule has 3 aromatic rings. The van der Waals surface area contributed by atoms with E-state index >= 15 is 0 Å². The zero-order chi connectivity index (χ0) is 18.1. The van der Waals surface area contributed by atoms with Gasteiger partial charge in [0.25, 0.3) is 0 Å². The summed E-state index contributed by atoms with van der Waals surface area (Å²) in [5.74, 6) is 1.88. The van der Waals surface area contributed by atoms with E-state index < -0.39 is 0 Å². The lowest BCUT2D eigenvalue weighted by molar-refractivity contribution is -0.118. The molecule has 0 aliphatic carbocycles. The number of nitrogens with zero attached hydrogens (tertiary/aromatic N) is 4. The van der Waals surface area contributed by atoms with Gasteiger partial charge in [0.2, 0.25) is 5.91 Å². The highest BCUT2D eigenvalue weighted by molar-refractivity contribution is 5.83. The van der Waals surface area contributed by atoms with Crippen LogP contribution in [0.15, 0.2) is 42.7 Å². The molecule has 1 aliphatic heterocycles. The molecule has 1 atom stereocenters. The van der Waals surface area contributed by atoms with Gasteiger partial charge in [-0.1, -0.05) is 18.2 Å². The number of amides is 1. The number of piperidine rings is 1. The van der Waals surface area contributed by atoms with Gasteiger partial charge < -0.3 is 15.2 Å². The molecule has 4 rings (SSSR count). The van der Waals surface area contributed by atoms with Gasteiger partial charge in [-0.2, -0.15) is 0 Å². The van der Waals surface area contributed by atoms with Crippen molar-refractivity contribution in [2.24, 2.45) is 5.73 Å². The highest BCUT2D eigenvalue weighted by atomic mass is 16.1. The smallest absolute Gasteiger partial charge is 0.237 e. The summed E-state index contributed by atoms with van der Waals surface area (Å²) in [4.78, 5) is 23.0. The van der Waals surface area contributed by atoms with Crippen LogP contribution in [0.4, 0.5) is 5.82 Å². The summed E-state index contributed by atoms with van der Waals surface area (Å²) in [6.45, 7) is 4.14. The molecule has 3 heterocycles. The number of aryl methyl sites for hydroxylation is 1. The molecule has 2 N–H and O–H groups in total. The molecule has 1 fully saturated rings. The van der Waals surface area contributed by atoms with Gasteiger partial charge in [0.15, 0.2) is 0 Å². The van der Waals surface area contributed by atoms with Gasteiger partial charge >= 0.3 is 0 Å². The lowest BCUT2D eigenvalue weighted by Gasteiger charge is -2.33. The fourth-order valence-corrected chi connectivity index (χ4v) is 3.87. The van der Waals surface area contributed by atoms with Crippen molar-refractivity contribution in [2.75, 3.05) is 18.0 Å². The van der Waals surface area contributed by atoms with E-state index in [0.29, 0.717) is 0 Å². The minimum absolute atomic E-state index is 0.180. The third kappa shape index (κ3) is 3.14. The molecule has 6 heteroatoms. The number of hydrogen-bond acceptors (Lipinski definition) is 4. The van der Waals surface area contributed by atoms with Gasteiger partial charge in [0.1, 0.15) is 18.2 Å². The van der Waals surface area contributed by atoms with Gasteiger partial charge in [-0.05, 0) is 37.5 Å². The summed E-state index contributed by atoms with van der Waals surface area (Å²) in [7, 11) is 0. The average molecular weight is 349 g/mol. The van der Waals surface area contributed by atoms with E-state index in [0.717, 1.165) is 43.1 Å². The van der Waals surface area contributed by atoms with Crippen molar-refractivity contribution < 1.29 is 4.79 Å². The quantitative estimate of drug-likeness (QED) is 0.785. The Morgan fingerprint density at radius 1 is 1.35 bits per heavy atom. The predicted octanol–water partition coefficient (Wildman–Crippen LogP) is 2.61. The van der Waals surface area contributed by atoms with E-state index in [2.05, 4.69) is 35.0 Å². The summed E-state index contributed by atoms with van der Waals surface area (Å²) in [5, 5.41) is 1.20. The Bertz CT molecular complexity index is 948. The molecule has 0 saturated carbocycles. The van der Waals surface area contributed by atoms with Gasteiger partial charge in [-0.3, -0.25) is 4.79 Å². The van der Waals surface area contributed by atoms with Crippen molar-refractivity contribution in [3.05, 3.63) is 54.1 Å². The third-order valence-electron chi connectivity index (χ3n) is 5.09. The van der Waals surface area contributed by atoms with Gasteiger partial charge in [0, 0.05) is 36.8 Å². The molecule has 6 nitrogen and oxygen atoms in total. The Kier molecular flexibility index (Phi) is 4.32. The first-order valence-corrected chi connectivity index (χ1v) is 9.02. The lowest BCUT2D eigenvalue weighted by atomic mass is 9.97. The number of rotatable bonds is 4. The van der Waals surface area contributed by atoms with E-state index in [-0.39, 0.29) is 18.4 Å². The number of aromatic nitrogens is 3. The molecule has 0 spiro atoms. The number of benzene rings is 1. The molecule has 134 valence electrons. The summed E-state index contributed by atoms with van der Waals surface area (Å²) in [6.07, 6.45) is 5.70. The topological polar surface area (TPSA) is 77.0 Å². The number of pyridine rings is 1. The molecular weight excluding hydrogens is 326 g/mol. The first kappa shape index (κ1) is 16.6. The Morgan fingerprint density at radius 2 is 2.19 bits per heavy atom. The maximum atomic E-state index is 11.3. The standard InChI is InChI=1S/C20H23N5O/c1-14-11-19(23-17-7-3-2-6-16(14)17)24-9-4-5-15(12-24)20-22-8-10-25(20)13-18(21)26/h2-3,6-8,10-11,15H,4-5,9,12-13H2,1H3,(H2,21,26)/t15-/m0/s1. The van der Waals surface area contributed by atoms with Crippen molar-refractivity contribution in [3.63, 3.8) is 0 Å². The van der Waals surface area contributed by atoms with Crippen molar-refractivity contribution in [1.82, 2.24) is 14.5 Å². The maximum absolute atomic E-state index is 11.3. The normalized spacial score (nSPS) is 17.6. The number of anilines is 1. The fourth-order valence-electron chi connectivity index (χ4n) is 3.87. The number of nitrogens with two attached hydrogens (primary N) is 1. The Balaban J connectivity index is 1.61. The van der Waals surface area contributed by atoms with Crippen LogP contribution in [-0.2, 0) is 11.3 Å². The van der Waals surface area contributed by atoms with E-state index in [1.54, 1.807) is 6.20 Å². The molecule has 0 bridgehead atoms. The predicted molar refractivity (Wildman–Crippen MR) is 102 cm³/mol. The Hall–Kier alpha value is -2.89. The van der Waals surface area contributed by atoms with Gasteiger partial charge in [0.05, 0.1) is 5.52 Å². The molecule has 1 amide bonds. The number of fused-ring (bicyclic) bond motifs is 1. The highest BCUT2D eigenvalue weighted by Gasteiger charge is 2.26. The van der Waals surface area contributed by atoms with Crippen molar-refractivity contribution in [3.8, 4) is 0 Å². The fraction of sp³-hybridized carbons (Fsp3) is 0.350. The average Bonchev–Trinajstić information content (AvgIpc) is 3.09. The van der Waals surface area contributed by atoms with Crippen LogP contribution in [0.3, 0.4) is 0 Å². The van der Waals surface area contributed by atoms with Crippen LogP contribution in [-0.4, -0.2) is 33.5 Å². The molecular formula is C20H23N5O. The minimum atomic E-state index is -0.344. The third-order valence-corrected chi connectivity index (χ3v) is 5.09. The van der Waals surface area contributed by atoms with Crippen LogP contribution < -0.4 is 10.6 Å². The Morgan fingerprint density at radius 3 is 3.04 bits per heavy atom. The van der Waals surface area contributed by atoms with Crippen LogP contribution in [0.2, 0.25) is 0 Å². The minimum Gasteiger partial charge on any atom is -0.368 e. The number of imidazole rings is 1. The summed E-state index contributed by atoms with van der Waals surface area (Å²) in [6, 6.07) is 10.4. The molecule has 0 radical (unpaired) electrons. The second-order valence-electron chi connectivity index (χ2n) is 6.98. The zero-order valence-corrected chi connectivity index (χ0v) is 14.9. The molecule has 2 aromatic heterocycles. The van der Waals surface area contributed by atoms with Crippen molar-refractivity contribution in [2.45, 2.75) is 32.2 Å². The van der Waals surface area contributed by atoms with E-state index in [4.69, 9.17) is 10.7 Å². The number of hydrogen-bond donors (Lipinski definition) is 1. The highest BCUT2D eigenvalue weighted by Crippen LogP contribution is 2.30. The molecule has 26 heavy (non-hydrogen) atoms. The van der Waals surface area contributed by atoms with Crippen LogP contribution in [0.1, 0.15) is 30.1 Å².